The number of nitrogens with zero attached hydrogens (tertiary/aromatic N) is 1. The van der Waals surface area contributed by atoms with Crippen molar-refractivity contribution in [1.82, 2.24) is 10.2 Å². The minimum absolute atomic E-state index is 0.0302. The summed E-state index contributed by atoms with van der Waals surface area (Å²) in [5.74, 6) is 0.690. The minimum Gasteiger partial charge on any atom is -0.376 e. The number of carbonyl (C=O) groups excluding carboxylic acids is 1. The van der Waals surface area contributed by atoms with E-state index in [-0.39, 0.29) is 12.0 Å². The fourth-order valence-electron chi connectivity index (χ4n) is 3.04. The molecule has 1 saturated heterocycles. The summed E-state index contributed by atoms with van der Waals surface area (Å²) in [6.45, 7) is 5.90. The highest BCUT2D eigenvalue weighted by Crippen LogP contribution is 2.24. The van der Waals surface area contributed by atoms with Gasteiger partial charge in [-0.05, 0) is 25.7 Å². The van der Waals surface area contributed by atoms with Crippen LogP contribution in [-0.4, -0.2) is 55.7 Å². The van der Waals surface area contributed by atoms with Gasteiger partial charge >= 0.3 is 0 Å². The second-order valence-electron chi connectivity index (χ2n) is 6.14. The molecule has 1 heterocycles. The van der Waals surface area contributed by atoms with Gasteiger partial charge in [-0.2, -0.15) is 0 Å². The lowest BCUT2D eigenvalue weighted by molar-refractivity contribution is -0.137. The van der Waals surface area contributed by atoms with Gasteiger partial charge in [0.1, 0.15) is 6.04 Å². The summed E-state index contributed by atoms with van der Waals surface area (Å²) in [6.07, 6.45) is 6.30. The van der Waals surface area contributed by atoms with Gasteiger partial charge in [0.2, 0.25) is 5.91 Å². The maximum Gasteiger partial charge on any atom is 0.242 e. The van der Waals surface area contributed by atoms with Gasteiger partial charge in [-0.1, -0.05) is 19.3 Å². The van der Waals surface area contributed by atoms with E-state index in [1.54, 1.807) is 0 Å². The number of nitrogens with one attached hydrogen (secondary N) is 1. The molecular formula is C15H29N3O2. The second-order valence-corrected chi connectivity index (χ2v) is 6.14. The van der Waals surface area contributed by atoms with E-state index in [2.05, 4.69) is 5.32 Å². The van der Waals surface area contributed by atoms with Crippen LogP contribution in [0.4, 0.5) is 0 Å². The molecule has 5 nitrogen and oxygen atoms in total. The van der Waals surface area contributed by atoms with Crippen LogP contribution in [0.2, 0.25) is 0 Å². The lowest BCUT2D eigenvalue weighted by Gasteiger charge is -2.32. The molecule has 20 heavy (non-hydrogen) atoms. The van der Waals surface area contributed by atoms with E-state index in [1.165, 1.54) is 32.1 Å². The van der Waals surface area contributed by atoms with E-state index in [9.17, 15) is 4.79 Å². The lowest BCUT2D eigenvalue weighted by atomic mass is 9.90. The van der Waals surface area contributed by atoms with Crippen molar-refractivity contribution in [2.75, 3.05) is 32.8 Å². The van der Waals surface area contributed by atoms with E-state index < -0.39 is 6.04 Å². The topological polar surface area (TPSA) is 67.6 Å². The van der Waals surface area contributed by atoms with Crippen molar-refractivity contribution >= 4 is 5.91 Å². The fraction of sp³-hybridized carbons (Fsp3) is 0.933. The Morgan fingerprint density at radius 2 is 1.95 bits per heavy atom. The average Bonchev–Trinajstić information content (AvgIpc) is 2.53. The molecule has 1 saturated carbocycles. The van der Waals surface area contributed by atoms with Gasteiger partial charge in [0.05, 0.1) is 6.10 Å². The van der Waals surface area contributed by atoms with Crippen molar-refractivity contribution in [3.8, 4) is 0 Å². The molecule has 0 bridgehead atoms. The minimum atomic E-state index is -0.531. The summed E-state index contributed by atoms with van der Waals surface area (Å²) in [6, 6.07) is -0.531. The van der Waals surface area contributed by atoms with Gasteiger partial charge in [-0.15, -0.1) is 0 Å². The Kier molecular flexibility index (Phi) is 6.26. The highest BCUT2D eigenvalue weighted by molar-refractivity contribution is 5.82. The fourth-order valence-corrected chi connectivity index (χ4v) is 3.04. The quantitative estimate of drug-likeness (QED) is 0.780. The Hall–Kier alpha value is -0.650. The van der Waals surface area contributed by atoms with Crippen LogP contribution < -0.4 is 11.1 Å². The third-order valence-electron chi connectivity index (χ3n) is 4.54. The molecule has 2 fully saturated rings. The van der Waals surface area contributed by atoms with Crippen LogP contribution in [0.1, 0.15) is 39.0 Å². The molecule has 0 aromatic carbocycles. The maximum absolute atomic E-state index is 12.3. The first-order chi connectivity index (χ1) is 9.68. The smallest absolute Gasteiger partial charge is 0.242 e. The largest absolute Gasteiger partial charge is 0.376 e. The normalized spacial score (nSPS) is 24.4. The summed E-state index contributed by atoms with van der Waals surface area (Å²) in [5.41, 5.74) is 6.07. The van der Waals surface area contributed by atoms with Gasteiger partial charge in [0, 0.05) is 32.8 Å². The Labute approximate surface area is 122 Å². The van der Waals surface area contributed by atoms with Crippen LogP contribution in [0.3, 0.4) is 0 Å². The van der Waals surface area contributed by atoms with E-state index in [0.717, 1.165) is 32.8 Å². The number of nitrogens with two attached hydrogens (primary N) is 1. The zero-order valence-electron chi connectivity index (χ0n) is 12.6. The van der Waals surface area contributed by atoms with Crippen molar-refractivity contribution in [3.63, 3.8) is 0 Å². The SMILES string of the molecule is C[C@@H](OCC1CCCCC1)[C@H](N)C(=O)N1CCNCC1. The first-order valence-electron chi connectivity index (χ1n) is 8.05. The average molecular weight is 283 g/mol. The van der Waals surface area contributed by atoms with Gasteiger partial charge in [-0.25, -0.2) is 0 Å². The summed E-state index contributed by atoms with van der Waals surface area (Å²) in [5, 5.41) is 3.24. The number of ether oxygens (including phenoxy) is 1. The van der Waals surface area contributed by atoms with Gasteiger partial charge < -0.3 is 20.7 Å². The van der Waals surface area contributed by atoms with Crippen LogP contribution >= 0.6 is 0 Å². The predicted molar refractivity (Wildman–Crippen MR) is 79.4 cm³/mol. The summed E-state index contributed by atoms with van der Waals surface area (Å²) < 4.78 is 5.87. The summed E-state index contributed by atoms with van der Waals surface area (Å²) in [7, 11) is 0. The molecule has 1 aliphatic carbocycles. The van der Waals surface area contributed by atoms with Crippen molar-refractivity contribution in [2.24, 2.45) is 11.7 Å². The van der Waals surface area contributed by atoms with Gasteiger partial charge in [0.25, 0.3) is 0 Å². The Bertz CT molecular complexity index is 299. The van der Waals surface area contributed by atoms with Crippen molar-refractivity contribution < 1.29 is 9.53 Å². The van der Waals surface area contributed by atoms with Gasteiger partial charge in [0.15, 0.2) is 0 Å². The van der Waals surface area contributed by atoms with E-state index >= 15 is 0 Å². The van der Waals surface area contributed by atoms with Crippen LogP contribution in [0, 0.1) is 5.92 Å². The maximum atomic E-state index is 12.3. The standard InChI is InChI=1S/C15H29N3O2/c1-12(20-11-13-5-3-2-4-6-13)14(16)15(19)18-9-7-17-8-10-18/h12-14,17H,2-11,16H2,1H3/t12-,14+/m1/s1. The highest BCUT2D eigenvalue weighted by Gasteiger charge is 2.28. The Morgan fingerprint density at radius 3 is 2.60 bits per heavy atom. The van der Waals surface area contributed by atoms with Crippen LogP contribution in [0.25, 0.3) is 0 Å². The number of carbonyl (C=O) groups is 1. The lowest BCUT2D eigenvalue weighted by Crippen LogP contribution is -2.55. The van der Waals surface area contributed by atoms with Crippen molar-refractivity contribution in [1.29, 1.82) is 0 Å². The second kappa shape index (κ2) is 7.96. The number of piperazine rings is 1. The van der Waals surface area contributed by atoms with Crippen LogP contribution in [-0.2, 0) is 9.53 Å². The molecule has 1 aliphatic heterocycles. The third-order valence-corrected chi connectivity index (χ3v) is 4.54. The molecule has 2 rings (SSSR count). The number of rotatable bonds is 5. The Balaban J connectivity index is 1.72. The van der Waals surface area contributed by atoms with E-state index in [4.69, 9.17) is 10.5 Å². The zero-order chi connectivity index (χ0) is 14.4. The zero-order valence-corrected chi connectivity index (χ0v) is 12.6. The monoisotopic (exact) mass is 283 g/mol. The Morgan fingerprint density at radius 1 is 1.30 bits per heavy atom. The van der Waals surface area contributed by atoms with Gasteiger partial charge in [-0.3, -0.25) is 4.79 Å². The first kappa shape index (κ1) is 15.7. The molecular weight excluding hydrogens is 254 g/mol. The van der Waals surface area contributed by atoms with Crippen molar-refractivity contribution in [2.45, 2.75) is 51.2 Å². The molecule has 116 valence electrons. The molecule has 2 aliphatic rings. The summed E-state index contributed by atoms with van der Waals surface area (Å²) in [4.78, 5) is 14.1. The number of amides is 1. The highest BCUT2D eigenvalue weighted by atomic mass is 16.5. The van der Waals surface area contributed by atoms with Crippen molar-refractivity contribution in [3.05, 3.63) is 0 Å². The molecule has 5 heteroatoms. The molecule has 0 spiro atoms. The molecule has 1 amide bonds. The first-order valence-corrected chi connectivity index (χ1v) is 8.05. The third kappa shape index (κ3) is 4.43. The van der Waals surface area contributed by atoms with Crippen LogP contribution in [0.15, 0.2) is 0 Å². The summed E-state index contributed by atoms with van der Waals surface area (Å²) >= 11 is 0. The molecule has 2 atom stereocenters. The predicted octanol–water partition coefficient (Wildman–Crippen LogP) is 0.731. The molecule has 0 aromatic rings. The number of hydrogen-bond donors (Lipinski definition) is 2. The van der Waals surface area contributed by atoms with E-state index in [1.807, 2.05) is 11.8 Å². The molecule has 0 aromatic heterocycles. The van der Waals surface area contributed by atoms with E-state index in [0.29, 0.717) is 5.92 Å². The van der Waals surface area contributed by atoms with Crippen LogP contribution in [0.5, 0.6) is 0 Å². The molecule has 0 radical (unpaired) electrons. The molecule has 3 N–H and O–H groups in total. The number of hydrogen-bond acceptors (Lipinski definition) is 4. The molecule has 0 unspecified atom stereocenters.